The molecule has 4 heteroatoms. The largest absolute Gasteiger partial charge is 0.497 e. The van der Waals surface area contributed by atoms with Gasteiger partial charge in [0.25, 0.3) is 5.91 Å². The molecule has 0 saturated heterocycles. The van der Waals surface area contributed by atoms with Gasteiger partial charge in [0.1, 0.15) is 5.75 Å². The summed E-state index contributed by atoms with van der Waals surface area (Å²) in [4.78, 5) is 14.2. The minimum Gasteiger partial charge on any atom is -0.497 e. The fraction of sp³-hybridized carbons (Fsp3) is 0.211. The molecular weight excluding hydrogens is 290 g/mol. The van der Waals surface area contributed by atoms with E-state index in [1.165, 1.54) is 0 Å². The first kappa shape index (κ1) is 16.8. The van der Waals surface area contributed by atoms with Crippen LogP contribution in [0.4, 0.5) is 0 Å². The summed E-state index contributed by atoms with van der Waals surface area (Å²) < 4.78 is 5.20. The fourth-order valence-corrected chi connectivity index (χ4v) is 2.33. The van der Waals surface area contributed by atoms with Crippen molar-refractivity contribution in [2.75, 3.05) is 13.7 Å². The summed E-state index contributed by atoms with van der Waals surface area (Å²) in [5.74, 6) is 0.385. The summed E-state index contributed by atoms with van der Waals surface area (Å²) in [6, 6.07) is 16.4. The average molecular weight is 311 g/mol. The molecule has 0 bridgehead atoms. The molecule has 0 spiro atoms. The van der Waals surface area contributed by atoms with Gasteiger partial charge in [-0.1, -0.05) is 48.5 Å². The Kier molecular flexibility index (Phi) is 5.94. The zero-order valence-corrected chi connectivity index (χ0v) is 13.2. The SMILES string of the molecule is C=CCN(Cc1cccc(OC)c1)C(=O)[C@H](O)c1ccccc1. The lowest BCUT2D eigenvalue weighted by Crippen LogP contribution is -2.34. The maximum Gasteiger partial charge on any atom is 0.256 e. The number of carbonyl (C=O) groups excluding carboxylic acids is 1. The number of methoxy groups -OCH3 is 1. The number of hydrogen-bond donors (Lipinski definition) is 1. The lowest BCUT2D eigenvalue weighted by Gasteiger charge is -2.24. The lowest BCUT2D eigenvalue weighted by atomic mass is 10.1. The van der Waals surface area contributed by atoms with Crippen LogP contribution in [0.25, 0.3) is 0 Å². The summed E-state index contributed by atoms with van der Waals surface area (Å²) in [6.45, 7) is 4.43. The highest BCUT2D eigenvalue weighted by molar-refractivity contribution is 5.82. The second-order valence-corrected chi connectivity index (χ2v) is 5.17. The molecular formula is C19H21NO3. The Bertz CT molecular complexity index is 655. The van der Waals surface area contributed by atoms with Crippen molar-refractivity contribution in [3.05, 3.63) is 78.4 Å². The first-order valence-corrected chi connectivity index (χ1v) is 7.41. The third-order valence-corrected chi connectivity index (χ3v) is 3.52. The standard InChI is InChI=1S/C19H21NO3/c1-3-12-20(14-15-8-7-11-17(13-15)23-2)19(22)18(21)16-9-5-4-6-10-16/h3-11,13,18,21H,1,12,14H2,2H3/t18-/m1/s1. The van der Waals surface area contributed by atoms with Crippen molar-refractivity contribution in [2.45, 2.75) is 12.6 Å². The molecule has 0 fully saturated rings. The molecule has 1 amide bonds. The van der Waals surface area contributed by atoms with Crippen molar-refractivity contribution < 1.29 is 14.6 Å². The van der Waals surface area contributed by atoms with E-state index in [4.69, 9.17) is 4.74 Å². The minimum atomic E-state index is -1.18. The smallest absolute Gasteiger partial charge is 0.256 e. The van der Waals surface area contributed by atoms with Gasteiger partial charge in [-0.3, -0.25) is 4.79 Å². The molecule has 0 radical (unpaired) electrons. The highest BCUT2D eigenvalue weighted by Crippen LogP contribution is 2.19. The van der Waals surface area contributed by atoms with Gasteiger partial charge in [0.2, 0.25) is 0 Å². The van der Waals surface area contributed by atoms with Crippen molar-refractivity contribution in [3.63, 3.8) is 0 Å². The molecule has 0 saturated carbocycles. The zero-order valence-electron chi connectivity index (χ0n) is 13.2. The third kappa shape index (κ3) is 4.44. The van der Waals surface area contributed by atoms with Crippen LogP contribution in [0.2, 0.25) is 0 Å². The number of nitrogens with zero attached hydrogens (tertiary/aromatic N) is 1. The van der Waals surface area contributed by atoms with Gasteiger partial charge in [0.15, 0.2) is 6.10 Å². The summed E-state index contributed by atoms with van der Waals surface area (Å²) in [5.41, 5.74) is 1.51. The number of rotatable bonds is 7. The van der Waals surface area contributed by atoms with Crippen LogP contribution < -0.4 is 4.74 Å². The van der Waals surface area contributed by atoms with E-state index >= 15 is 0 Å². The van der Waals surface area contributed by atoms with Gasteiger partial charge >= 0.3 is 0 Å². The Balaban J connectivity index is 2.16. The van der Waals surface area contributed by atoms with Crippen molar-refractivity contribution in [1.29, 1.82) is 0 Å². The predicted molar refractivity (Wildman–Crippen MR) is 90.0 cm³/mol. The van der Waals surface area contributed by atoms with Crippen LogP contribution >= 0.6 is 0 Å². The predicted octanol–water partition coefficient (Wildman–Crippen LogP) is 2.94. The molecule has 1 N–H and O–H groups in total. The van der Waals surface area contributed by atoms with Crippen molar-refractivity contribution >= 4 is 5.91 Å². The average Bonchev–Trinajstić information content (AvgIpc) is 2.61. The Morgan fingerprint density at radius 1 is 1.26 bits per heavy atom. The number of amides is 1. The molecule has 23 heavy (non-hydrogen) atoms. The summed E-state index contributed by atoms with van der Waals surface area (Å²) in [6.07, 6.45) is 0.470. The van der Waals surface area contributed by atoms with Crippen LogP contribution in [-0.2, 0) is 11.3 Å². The monoisotopic (exact) mass is 311 g/mol. The van der Waals surface area contributed by atoms with Crippen molar-refractivity contribution in [1.82, 2.24) is 4.90 Å². The van der Waals surface area contributed by atoms with Crippen LogP contribution in [0.3, 0.4) is 0 Å². The van der Waals surface area contributed by atoms with Gasteiger partial charge in [-0.15, -0.1) is 6.58 Å². The van der Waals surface area contributed by atoms with Gasteiger partial charge < -0.3 is 14.7 Å². The molecule has 2 aromatic carbocycles. The maximum absolute atomic E-state index is 12.6. The van der Waals surface area contributed by atoms with Crippen molar-refractivity contribution in [2.24, 2.45) is 0 Å². The number of benzene rings is 2. The Hall–Kier alpha value is -2.59. The second kappa shape index (κ2) is 8.15. The van der Waals surface area contributed by atoms with Gasteiger partial charge in [-0.25, -0.2) is 0 Å². The molecule has 2 rings (SSSR count). The maximum atomic E-state index is 12.6. The molecule has 0 aliphatic carbocycles. The Labute approximate surface area is 136 Å². The van der Waals surface area contributed by atoms with Crippen molar-refractivity contribution in [3.8, 4) is 5.75 Å². The normalized spacial score (nSPS) is 11.6. The molecule has 2 aromatic rings. The molecule has 120 valence electrons. The molecule has 0 heterocycles. The number of aliphatic hydroxyl groups excluding tert-OH is 1. The number of aliphatic hydroxyl groups is 1. The van der Waals surface area contributed by atoms with E-state index in [1.807, 2.05) is 30.3 Å². The zero-order chi connectivity index (χ0) is 16.7. The van der Waals surface area contributed by atoms with E-state index in [9.17, 15) is 9.90 Å². The minimum absolute atomic E-state index is 0.348. The number of ether oxygens (including phenoxy) is 1. The van der Waals surface area contributed by atoms with E-state index in [-0.39, 0.29) is 5.91 Å². The van der Waals surface area contributed by atoms with Crippen LogP contribution in [0.15, 0.2) is 67.3 Å². The van der Waals surface area contributed by atoms with Gasteiger partial charge in [0.05, 0.1) is 7.11 Å². The van der Waals surface area contributed by atoms with E-state index in [0.717, 1.165) is 11.3 Å². The van der Waals surface area contributed by atoms with Crippen LogP contribution in [-0.4, -0.2) is 29.6 Å². The van der Waals surface area contributed by atoms with Crippen LogP contribution in [0.5, 0.6) is 5.75 Å². The number of carbonyl (C=O) groups is 1. The van der Waals surface area contributed by atoms with Gasteiger partial charge in [0, 0.05) is 13.1 Å². The molecule has 1 atom stereocenters. The lowest BCUT2D eigenvalue weighted by molar-refractivity contribution is -0.140. The Morgan fingerprint density at radius 2 is 2.00 bits per heavy atom. The quantitative estimate of drug-likeness (QED) is 0.800. The van der Waals surface area contributed by atoms with Gasteiger partial charge in [-0.05, 0) is 23.3 Å². The van der Waals surface area contributed by atoms with E-state index in [0.29, 0.717) is 18.7 Å². The van der Waals surface area contributed by atoms with E-state index in [2.05, 4.69) is 6.58 Å². The Morgan fingerprint density at radius 3 is 2.65 bits per heavy atom. The topological polar surface area (TPSA) is 49.8 Å². The summed E-state index contributed by atoms with van der Waals surface area (Å²) in [5, 5.41) is 10.3. The van der Waals surface area contributed by atoms with Gasteiger partial charge in [-0.2, -0.15) is 0 Å². The van der Waals surface area contributed by atoms with E-state index in [1.54, 1.807) is 42.4 Å². The highest BCUT2D eigenvalue weighted by Gasteiger charge is 2.23. The molecule has 0 unspecified atom stereocenters. The number of hydrogen-bond acceptors (Lipinski definition) is 3. The molecule has 0 aliphatic heterocycles. The third-order valence-electron chi connectivity index (χ3n) is 3.52. The van der Waals surface area contributed by atoms with Crippen LogP contribution in [0, 0.1) is 0 Å². The van der Waals surface area contributed by atoms with E-state index < -0.39 is 6.10 Å². The first-order chi connectivity index (χ1) is 11.2. The fourth-order valence-electron chi connectivity index (χ4n) is 2.33. The summed E-state index contributed by atoms with van der Waals surface area (Å²) in [7, 11) is 1.60. The highest BCUT2D eigenvalue weighted by atomic mass is 16.5. The molecule has 0 aromatic heterocycles. The molecule has 4 nitrogen and oxygen atoms in total. The first-order valence-electron chi connectivity index (χ1n) is 7.41. The second-order valence-electron chi connectivity index (χ2n) is 5.17. The summed E-state index contributed by atoms with van der Waals surface area (Å²) >= 11 is 0. The van der Waals surface area contributed by atoms with Crippen LogP contribution in [0.1, 0.15) is 17.2 Å². The molecule has 0 aliphatic rings.